The van der Waals surface area contributed by atoms with E-state index in [0.717, 1.165) is 72.1 Å². The summed E-state index contributed by atoms with van der Waals surface area (Å²) in [5, 5.41) is 9.30. The molecular weight excluding hydrogens is 475 g/mol. The van der Waals surface area contributed by atoms with Gasteiger partial charge in [0.1, 0.15) is 0 Å². The number of morpholine rings is 1. The van der Waals surface area contributed by atoms with Crippen molar-refractivity contribution in [3.8, 4) is 0 Å². The lowest BCUT2D eigenvalue weighted by Gasteiger charge is -2.25. The third kappa shape index (κ3) is 6.01. The number of halogens is 3. The summed E-state index contributed by atoms with van der Waals surface area (Å²) in [6.45, 7) is 4.70. The van der Waals surface area contributed by atoms with Gasteiger partial charge in [-0.05, 0) is 29.3 Å². The summed E-state index contributed by atoms with van der Waals surface area (Å²) in [6, 6.07) is 13.8. The summed E-state index contributed by atoms with van der Waals surface area (Å²) in [6.07, 6.45) is -0.845. The fourth-order valence-corrected chi connectivity index (χ4v) is 5.05. The fourth-order valence-electron chi connectivity index (χ4n) is 4.07. The summed E-state index contributed by atoms with van der Waals surface area (Å²) in [5.74, 6) is 0.688. The number of thioether (sulfide) groups is 1. The summed E-state index contributed by atoms with van der Waals surface area (Å²) in [5.41, 5.74) is 2.83. The number of hydrogen-bond acceptors (Lipinski definition) is 6. The smallest absolute Gasteiger partial charge is 0.379 e. The number of benzene rings is 2. The van der Waals surface area contributed by atoms with Crippen molar-refractivity contribution >= 4 is 22.7 Å². The van der Waals surface area contributed by atoms with Gasteiger partial charge in [-0.3, -0.25) is 9.88 Å². The molecule has 2 aromatic heterocycles. The van der Waals surface area contributed by atoms with Crippen molar-refractivity contribution in [3.05, 3.63) is 83.3 Å². The number of hydrogen-bond donors (Lipinski definition) is 0. The summed E-state index contributed by atoms with van der Waals surface area (Å²) < 4.78 is 46.3. The van der Waals surface area contributed by atoms with Crippen LogP contribution >= 0.6 is 11.8 Å². The molecule has 0 saturated carbocycles. The minimum absolute atomic E-state index is 0.345. The lowest BCUT2D eigenvalue weighted by Crippen LogP contribution is -2.35. The molecule has 2 aromatic carbocycles. The molecule has 6 nitrogen and oxygen atoms in total. The largest absolute Gasteiger partial charge is 0.416 e. The van der Waals surface area contributed by atoms with E-state index in [4.69, 9.17) is 4.74 Å². The van der Waals surface area contributed by atoms with Crippen molar-refractivity contribution in [2.24, 2.45) is 0 Å². The molecule has 0 N–H and O–H groups in total. The highest BCUT2D eigenvalue weighted by molar-refractivity contribution is 7.98. The topological polar surface area (TPSA) is 56.1 Å². The number of aromatic nitrogens is 4. The molecule has 1 aliphatic rings. The Hall–Kier alpha value is -2.95. The first-order valence-corrected chi connectivity index (χ1v) is 12.3. The van der Waals surface area contributed by atoms with Crippen molar-refractivity contribution in [1.82, 2.24) is 24.9 Å². The second-order valence-corrected chi connectivity index (χ2v) is 9.46. The van der Waals surface area contributed by atoms with Crippen LogP contribution < -0.4 is 0 Å². The highest BCUT2D eigenvalue weighted by Gasteiger charge is 2.30. The van der Waals surface area contributed by atoms with Crippen molar-refractivity contribution < 1.29 is 17.9 Å². The highest BCUT2D eigenvalue weighted by Crippen LogP contribution is 2.34. The van der Waals surface area contributed by atoms with Gasteiger partial charge in [0.25, 0.3) is 0 Å². The molecule has 1 saturated heterocycles. The molecular formula is C25H24F3N5OS. The molecule has 1 aliphatic heterocycles. The van der Waals surface area contributed by atoms with E-state index in [0.29, 0.717) is 17.8 Å². The first-order valence-electron chi connectivity index (χ1n) is 11.3. The zero-order chi connectivity index (χ0) is 24.3. The predicted octanol–water partition coefficient (Wildman–Crippen LogP) is 5.02. The normalized spacial score (nSPS) is 15.1. The van der Waals surface area contributed by atoms with E-state index in [-0.39, 0.29) is 0 Å². The second kappa shape index (κ2) is 10.3. The van der Waals surface area contributed by atoms with Crippen LogP contribution in [0, 0.1) is 0 Å². The molecule has 35 heavy (non-hydrogen) atoms. The lowest BCUT2D eigenvalue weighted by atomic mass is 10.1. The number of alkyl halides is 3. The molecule has 0 amide bonds. The molecule has 10 heteroatoms. The van der Waals surface area contributed by atoms with Gasteiger partial charge in [-0.1, -0.05) is 35.5 Å². The van der Waals surface area contributed by atoms with Crippen molar-refractivity contribution in [2.75, 3.05) is 26.3 Å². The highest BCUT2D eigenvalue weighted by atomic mass is 32.2. The van der Waals surface area contributed by atoms with E-state index < -0.39 is 11.7 Å². The Morgan fingerprint density at radius 2 is 1.80 bits per heavy atom. The zero-order valence-electron chi connectivity index (χ0n) is 18.9. The van der Waals surface area contributed by atoms with Gasteiger partial charge in [-0.2, -0.15) is 13.2 Å². The number of rotatable bonds is 7. The third-order valence-electron chi connectivity index (χ3n) is 5.84. The van der Waals surface area contributed by atoms with E-state index in [1.54, 1.807) is 18.0 Å². The van der Waals surface area contributed by atoms with Crippen LogP contribution in [0.1, 0.15) is 22.4 Å². The summed E-state index contributed by atoms with van der Waals surface area (Å²) in [4.78, 5) is 7.34. The first kappa shape index (κ1) is 23.8. The molecule has 0 atom stereocenters. The van der Waals surface area contributed by atoms with Crippen molar-refractivity contribution in [1.29, 1.82) is 0 Å². The van der Waals surface area contributed by atoms with E-state index in [1.165, 1.54) is 6.07 Å². The molecule has 0 spiro atoms. The molecule has 3 heterocycles. The monoisotopic (exact) mass is 499 g/mol. The van der Waals surface area contributed by atoms with Crippen LogP contribution in [0.25, 0.3) is 10.9 Å². The minimum atomic E-state index is -4.38. The Kier molecular flexibility index (Phi) is 7.03. The van der Waals surface area contributed by atoms with Crippen LogP contribution in [0.3, 0.4) is 0 Å². The number of pyridine rings is 1. The Morgan fingerprint density at radius 1 is 0.971 bits per heavy atom. The van der Waals surface area contributed by atoms with Crippen molar-refractivity contribution in [2.45, 2.75) is 29.9 Å². The SMILES string of the molecule is FC(F)(F)c1ccc2c(SCc3cccc(Cn4cc(CN5CCOCC5)nn4)c3)ccnc2c1. The van der Waals surface area contributed by atoms with E-state index in [1.807, 2.05) is 29.1 Å². The standard InChI is InChI=1S/C25H24F3N5OS/c26-25(27,28)20-4-5-22-23(13-20)29-7-6-24(22)35-17-19-3-1-2-18(12-19)14-33-16-21(30-31-33)15-32-8-10-34-11-9-32/h1-7,12-13,16H,8-11,14-15,17H2. The van der Waals surface area contributed by atoms with Gasteiger partial charge >= 0.3 is 6.18 Å². The van der Waals surface area contributed by atoms with Crippen molar-refractivity contribution in [3.63, 3.8) is 0 Å². The van der Waals surface area contributed by atoms with Crippen LogP contribution in [0.5, 0.6) is 0 Å². The van der Waals surface area contributed by atoms with Gasteiger partial charge < -0.3 is 4.74 Å². The number of ether oxygens (including phenoxy) is 1. The molecule has 0 unspecified atom stereocenters. The molecule has 0 aliphatic carbocycles. The van der Waals surface area contributed by atoms with E-state index in [2.05, 4.69) is 32.3 Å². The average molecular weight is 500 g/mol. The maximum Gasteiger partial charge on any atom is 0.416 e. The Bertz CT molecular complexity index is 1300. The average Bonchev–Trinajstić information content (AvgIpc) is 3.29. The Labute approximate surface area is 205 Å². The maximum atomic E-state index is 13.0. The molecule has 5 rings (SSSR count). The van der Waals surface area contributed by atoms with Gasteiger partial charge in [0, 0.05) is 41.9 Å². The molecule has 0 radical (unpaired) electrons. The Morgan fingerprint density at radius 3 is 2.63 bits per heavy atom. The van der Waals surface area contributed by atoms with Crippen LogP contribution in [0.15, 0.2) is 65.8 Å². The summed E-state index contributed by atoms with van der Waals surface area (Å²) in [7, 11) is 0. The Balaban J connectivity index is 1.23. The van der Waals surface area contributed by atoms with Gasteiger partial charge in [-0.25, -0.2) is 4.68 Å². The molecule has 1 fully saturated rings. The third-order valence-corrected chi connectivity index (χ3v) is 6.98. The van der Waals surface area contributed by atoms with Gasteiger partial charge in [0.15, 0.2) is 0 Å². The zero-order valence-corrected chi connectivity index (χ0v) is 19.7. The van der Waals surface area contributed by atoms with Crippen LogP contribution in [0.2, 0.25) is 0 Å². The van der Waals surface area contributed by atoms with Crippen LogP contribution in [-0.4, -0.2) is 51.2 Å². The second-order valence-electron chi connectivity index (χ2n) is 8.44. The first-order chi connectivity index (χ1) is 16.9. The molecule has 182 valence electrons. The minimum Gasteiger partial charge on any atom is -0.379 e. The fraction of sp³-hybridized carbons (Fsp3) is 0.320. The number of fused-ring (bicyclic) bond motifs is 1. The lowest BCUT2D eigenvalue weighted by molar-refractivity contribution is -0.137. The summed E-state index contributed by atoms with van der Waals surface area (Å²) >= 11 is 1.58. The van der Waals surface area contributed by atoms with E-state index in [9.17, 15) is 13.2 Å². The van der Waals surface area contributed by atoms with Gasteiger partial charge in [0.2, 0.25) is 0 Å². The van der Waals surface area contributed by atoms with E-state index >= 15 is 0 Å². The number of nitrogens with zero attached hydrogens (tertiary/aromatic N) is 5. The predicted molar refractivity (Wildman–Crippen MR) is 128 cm³/mol. The van der Waals surface area contributed by atoms with Crippen LogP contribution in [-0.2, 0) is 29.8 Å². The molecule has 0 bridgehead atoms. The van der Waals surface area contributed by atoms with Gasteiger partial charge in [-0.15, -0.1) is 16.9 Å². The van der Waals surface area contributed by atoms with Crippen LogP contribution in [0.4, 0.5) is 13.2 Å². The van der Waals surface area contributed by atoms with Gasteiger partial charge in [0.05, 0.1) is 42.7 Å². The quantitative estimate of drug-likeness (QED) is 0.333. The molecule has 4 aromatic rings. The maximum absolute atomic E-state index is 13.0.